The number of carbonyl (C=O) groups is 3. The zero-order valence-electron chi connectivity index (χ0n) is 13.7. The molecule has 0 aromatic heterocycles. The lowest BCUT2D eigenvalue weighted by Crippen LogP contribution is -2.43. The molecule has 1 aromatic carbocycles. The van der Waals surface area contributed by atoms with Gasteiger partial charge in [0.05, 0.1) is 17.1 Å². The SMILES string of the molecule is O=C(CCN1C(=O)S/C(=C/c2cccc(F)c2)C1=O)NC1CSCC1O. The van der Waals surface area contributed by atoms with Gasteiger partial charge in [-0.1, -0.05) is 12.1 Å². The highest BCUT2D eigenvalue weighted by Gasteiger charge is 2.35. The van der Waals surface area contributed by atoms with Crippen molar-refractivity contribution in [1.29, 1.82) is 0 Å². The van der Waals surface area contributed by atoms with Crippen molar-refractivity contribution in [2.45, 2.75) is 18.6 Å². The second-order valence-corrected chi connectivity index (χ2v) is 7.99. The highest BCUT2D eigenvalue weighted by molar-refractivity contribution is 8.18. The van der Waals surface area contributed by atoms with E-state index in [0.717, 1.165) is 16.7 Å². The van der Waals surface area contributed by atoms with E-state index < -0.39 is 23.1 Å². The van der Waals surface area contributed by atoms with Crippen molar-refractivity contribution in [3.8, 4) is 0 Å². The second-order valence-electron chi connectivity index (χ2n) is 5.92. The predicted octanol–water partition coefficient (Wildman–Crippen LogP) is 1.84. The first kappa shape index (κ1) is 18.9. The Hall–Kier alpha value is -1.84. The zero-order chi connectivity index (χ0) is 18.7. The van der Waals surface area contributed by atoms with Crippen LogP contribution in [-0.4, -0.2) is 57.3 Å². The molecule has 6 nitrogen and oxygen atoms in total. The van der Waals surface area contributed by atoms with Crippen molar-refractivity contribution in [2.24, 2.45) is 0 Å². The molecule has 138 valence electrons. The van der Waals surface area contributed by atoms with E-state index in [1.807, 2.05) is 0 Å². The molecule has 2 aliphatic rings. The molecule has 2 atom stereocenters. The quantitative estimate of drug-likeness (QED) is 0.739. The first-order chi connectivity index (χ1) is 12.4. The number of carbonyl (C=O) groups excluding carboxylic acids is 3. The van der Waals surface area contributed by atoms with Crippen LogP contribution in [-0.2, 0) is 9.59 Å². The first-order valence-corrected chi connectivity index (χ1v) is 9.97. The molecule has 2 saturated heterocycles. The summed E-state index contributed by atoms with van der Waals surface area (Å²) >= 11 is 2.33. The fourth-order valence-electron chi connectivity index (χ4n) is 2.61. The number of rotatable bonds is 5. The van der Waals surface area contributed by atoms with Crippen LogP contribution in [0.2, 0.25) is 0 Å². The maximum Gasteiger partial charge on any atom is 0.293 e. The summed E-state index contributed by atoms with van der Waals surface area (Å²) in [7, 11) is 0. The molecule has 0 bridgehead atoms. The number of thioether (sulfide) groups is 2. The van der Waals surface area contributed by atoms with Gasteiger partial charge in [0.2, 0.25) is 5.91 Å². The monoisotopic (exact) mass is 396 g/mol. The molecule has 9 heteroatoms. The summed E-state index contributed by atoms with van der Waals surface area (Å²) in [5.41, 5.74) is 0.487. The zero-order valence-corrected chi connectivity index (χ0v) is 15.3. The van der Waals surface area contributed by atoms with Crippen LogP contribution in [0.1, 0.15) is 12.0 Å². The molecule has 3 rings (SSSR count). The van der Waals surface area contributed by atoms with Gasteiger partial charge in [0.15, 0.2) is 0 Å². The molecule has 3 amide bonds. The van der Waals surface area contributed by atoms with Gasteiger partial charge in [-0.05, 0) is 35.5 Å². The van der Waals surface area contributed by atoms with E-state index in [9.17, 15) is 23.9 Å². The van der Waals surface area contributed by atoms with E-state index in [1.54, 1.807) is 17.8 Å². The summed E-state index contributed by atoms with van der Waals surface area (Å²) in [5, 5.41) is 12.0. The number of hydrogen-bond donors (Lipinski definition) is 2. The van der Waals surface area contributed by atoms with Gasteiger partial charge in [-0.25, -0.2) is 4.39 Å². The molecule has 0 aliphatic carbocycles. The minimum absolute atomic E-state index is 0.0286. The Morgan fingerprint density at radius 3 is 2.88 bits per heavy atom. The Labute approximate surface area is 158 Å². The Balaban J connectivity index is 1.58. The molecule has 0 spiro atoms. The standard InChI is InChI=1S/C17H17FN2O4S2/c18-11-3-1-2-10(6-11)7-14-16(23)20(17(24)26-14)5-4-15(22)19-12-8-25-9-13(12)21/h1-3,6-7,12-13,21H,4-5,8-9H2,(H,19,22)/b14-7+. The van der Waals surface area contributed by atoms with E-state index in [2.05, 4.69) is 5.32 Å². The van der Waals surface area contributed by atoms with Gasteiger partial charge < -0.3 is 10.4 Å². The highest BCUT2D eigenvalue weighted by Crippen LogP contribution is 2.32. The lowest BCUT2D eigenvalue weighted by Gasteiger charge is -2.17. The van der Waals surface area contributed by atoms with E-state index in [4.69, 9.17) is 0 Å². The summed E-state index contributed by atoms with van der Waals surface area (Å²) in [4.78, 5) is 37.6. The Kier molecular flexibility index (Phi) is 6.00. The molecule has 0 radical (unpaired) electrons. The number of imide groups is 1. The van der Waals surface area contributed by atoms with E-state index >= 15 is 0 Å². The molecule has 2 aliphatic heterocycles. The molecule has 2 heterocycles. The fourth-order valence-corrected chi connectivity index (χ4v) is 4.65. The van der Waals surface area contributed by atoms with Crippen molar-refractivity contribution < 1.29 is 23.9 Å². The van der Waals surface area contributed by atoms with Gasteiger partial charge in [0, 0.05) is 24.5 Å². The van der Waals surface area contributed by atoms with Crippen molar-refractivity contribution in [1.82, 2.24) is 10.2 Å². The average molecular weight is 396 g/mol. The van der Waals surface area contributed by atoms with Crippen molar-refractivity contribution in [2.75, 3.05) is 18.1 Å². The van der Waals surface area contributed by atoms with E-state index in [0.29, 0.717) is 17.1 Å². The van der Waals surface area contributed by atoms with Crippen LogP contribution in [0, 0.1) is 5.82 Å². The number of amides is 3. The van der Waals surface area contributed by atoms with Crippen molar-refractivity contribution in [3.05, 3.63) is 40.6 Å². The molecule has 26 heavy (non-hydrogen) atoms. The lowest BCUT2D eigenvalue weighted by molar-refractivity contribution is -0.124. The largest absolute Gasteiger partial charge is 0.390 e. The maximum atomic E-state index is 13.2. The molecule has 2 N–H and O–H groups in total. The van der Waals surface area contributed by atoms with Crippen LogP contribution < -0.4 is 5.32 Å². The van der Waals surface area contributed by atoms with Crippen LogP contribution >= 0.6 is 23.5 Å². The first-order valence-electron chi connectivity index (χ1n) is 8.00. The number of nitrogens with one attached hydrogen (secondary N) is 1. The lowest BCUT2D eigenvalue weighted by atomic mass is 10.2. The van der Waals surface area contributed by atoms with Gasteiger partial charge in [-0.2, -0.15) is 11.8 Å². The van der Waals surface area contributed by atoms with Crippen molar-refractivity contribution >= 4 is 46.7 Å². The molecule has 1 aromatic rings. The molecule has 2 fully saturated rings. The number of aliphatic hydroxyl groups excluding tert-OH is 1. The number of aliphatic hydroxyl groups is 1. The molecular formula is C17H17FN2O4S2. The summed E-state index contributed by atoms with van der Waals surface area (Å²) in [6, 6.07) is 5.42. The number of benzene rings is 1. The third-order valence-electron chi connectivity index (χ3n) is 3.98. The number of hydrogen-bond acceptors (Lipinski definition) is 6. The Morgan fingerprint density at radius 1 is 1.38 bits per heavy atom. The normalized spacial score (nSPS) is 24.5. The maximum absolute atomic E-state index is 13.2. The third-order valence-corrected chi connectivity index (χ3v) is 6.06. The Bertz CT molecular complexity index is 771. The summed E-state index contributed by atoms with van der Waals surface area (Å²) < 4.78 is 13.2. The van der Waals surface area contributed by atoms with Gasteiger partial charge in [-0.3, -0.25) is 19.3 Å². The summed E-state index contributed by atoms with van der Waals surface area (Å²) in [5.74, 6) is -0.0100. The van der Waals surface area contributed by atoms with E-state index in [-0.39, 0.29) is 29.8 Å². The number of halogens is 1. The molecular weight excluding hydrogens is 379 g/mol. The molecule has 0 saturated carbocycles. The number of nitrogens with zero attached hydrogens (tertiary/aromatic N) is 1. The smallest absolute Gasteiger partial charge is 0.293 e. The van der Waals surface area contributed by atoms with Crippen LogP contribution in [0.15, 0.2) is 29.2 Å². The van der Waals surface area contributed by atoms with Gasteiger partial charge in [-0.15, -0.1) is 0 Å². The fraction of sp³-hybridized carbons (Fsp3) is 0.353. The highest BCUT2D eigenvalue weighted by atomic mass is 32.2. The van der Waals surface area contributed by atoms with Crippen LogP contribution in [0.25, 0.3) is 6.08 Å². The van der Waals surface area contributed by atoms with Gasteiger partial charge in [0.1, 0.15) is 5.82 Å². The minimum Gasteiger partial charge on any atom is -0.390 e. The van der Waals surface area contributed by atoms with Gasteiger partial charge in [0.25, 0.3) is 11.1 Å². The second kappa shape index (κ2) is 8.24. The topological polar surface area (TPSA) is 86.7 Å². The summed E-state index contributed by atoms with van der Waals surface area (Å²) in [6.45, 7) is -0.0348. The summed E-state index contributed by atoms with van der Waals surface area (Å²) in [6.07, 6.45) is 0.856. The minimum atomic E-state index is -0.574. The van der Waals surface area contributed by atoms with Crippen LogP contribution in [0.4, 0.5) is 9.18 Å². The third kappa shape index (κ3) is 4.46. The van der Waals surface area contributed by atoms with Crippen LogP contribution in [0.3, 0.4) is 0 Å². The molecule has 2 unspecified atom stereocenters. The van der Waals surface area contributed by atoms with Crippen molar-refractivity contribution in [3.63, 3.8) is 0 Å². The van der Waals surface area contributed by atoms with Crippen LogP contribution in [0.5, 0.6) is 0 Å². The average Bonchev–Trinajstić information content (AvgIpc) is 3.10. The Morgan fingerprint density at radius 2 is 2.19 bits per heavy atom. The predicted molar refractivity (Wildman–Crippen MR) is 99.0 cm³/mol. The van der Waals surface area contributed by atoms with E-state index in [1.165, 1.54) is 24.3 Å². The van der Waals surface area contributed by atoms with Gasteiger partial charge >= 0.3 is 0 Å².